The largest absolute Gasteiger partial charge is 0.508 e. The molecule has 0 aromatic heterocycles. The van der Waals surface area contributed by atoms with Crippen LogP contribution in [0.3, 0.4) is 0 Å². The van der Waals surface area contributed by atoms with Crippen LogP contribution in [0.15, 0.2) is 60.7 Å². The number of ketones is 1. The molecular weight excluding hydrogens is 304 g/mol. The van der Waals surface area contributed by atoms with Gasteiger partial charge < -0.3 is 15.3 Å². The summed E-state index contributed by atoms with van der Waals surface area (Å²) in [5, 5.41) is 30.1. The third kappa shape index (κ3) is 4.12. The predicted octanol–water partition coefficient (Wildman–Crippen LogP) is 3.47. The zero-order valence-corrected chi connectivity index (χ0v) is 13.4. The molecule has 0 heterocycles. The van der Waals surface area contributed by atoms with Crippen LogP contribution in [-0.2, 0) is 6.42 Å². The molecule has 0 saturated heterocycles. The van der Waals surface area contributed by atoms with Gasteiger partial charge in [0.2, 0.25) is 0 Å². The first-order valence-corrected chi connectivity index (χ1v) is 7.55. The molecular formula is C20H20O4. The Labute approximate surface area is 141 Å². The van der Waals surface area contributed by atoms with Gasteiger partial charge >= 0.3 is 0 Å². The van der Waals surface area contributed by atoms with Crippen LogP contribution < -0.4 is 0 Å². The maximum Gasteiger partial charge on any atom is 0.189 e. The first-order chi connectivity index (χ1) is 11.4. The maximum atomic E-state index is 12.3. The summed E-state index contributed by atoms with van der Waals surface area (Å²) < 4.78 is 0. The normalized spacial score (nSPS) is 12.2. The van der Waals surface area contributed by atoms with E-state index in [9.17, 15) is 20.1 Å². The average molecular weight is 324 g/mol. The quantitative estimate of drug-likeness (QED) is 0.432. The van der Waals surface area contributed by atoms with Gasteiger partial charge in [-0.25, -0.2) is 0 Å². The van der Waals surface area contributed by atoms with Gasteiger partial charge in [-0.15, -0.1) is 0 Å². The van der Waals surface area contributed by atoms with Crippen molar-refractivity contribution in [2.24, 2.45) is 0 Å². The van der Waals surface area contributed by atoms with E-state index >= 15 is 0 Å². The number of carbonyl (C=O) groups is 1. The standard InChI is InChI=1S/C20H20O4/c1-13(2)19(23)12-16-18(22)11-9-15(20(16)24)17(21)10-8-14-6-4-3-5-7-14/h3-11,19,22-24H,1,12H2,2H3/b10-8+. The second-order valence-corrected chi connectivity index (χ2v) is 5.63. The molecule has 2 aromatic carbocycles. The van der Waals surface area contributed by atoms with Gasteiger partial charge in [-0.1, -0.05) is 48.6 Å². The number of hydrogen-bond acceptors (Lipinski definition) is 4. The fraction of sp³-hybridized carbons (Fsp3) is 0.150. The Morgan fingerprint density at radius 1 is 1.17 bits per heavy atom. The molecule has 0 amide bonds. The topological polar surface area (TPSA) is 77.8 Å². The minimum atomic E-state index is -0.910. The highest BCUT2D eigenvalue weighted by Gasteiger charge is 2.19. The van der Waals surface area contributed by atoms with Crippen LogP contribution in [0.2, 0.25) is 0 Å². The van der Waals surface area contributed by atoms with Crippen LogP contribution in [0.4, 0.5) is 0 Å². The summed E-state index contributed by atoms with van der Waals surface area (Å²) in [5.41, 5.74) is 1.57. The first kappa shape index (κ1) is 17.5. The summed E-state index contributed by atoms with van der Waals surface area (Å²) in [6.45, 7) is 5.29. The van der Waals surface area contributed by atoms with Crippen LogP contribution in [0.25, 0.3) is 6.08 Å². The van der Waals surface area contributed by atoms with Gasteiger partial charge in [0.25, 0.3) is 0 Å². The summed E-state index contributed by atoms with van der Waals surface area (Å²) in [6, 6.07) is 12.0. The van der Waals surface area contributed by atoms with E-state index < -0.39 is 6.10 Å². The van der Waals surface area contributed by atoms with Crippen molar-refractivity contribution in [1.29, 1.82) is 0 Å². The molecule has 0 aliphatic carbocycles. The van der Waals surface area contributed by atoms with E-state index in [2.05, 4.69) is 6.58 Å². The van der Waals surface area contributed by atoms with Crippen molar-refractivity contribution in [2.75, 3.05) is 0 Å². The van der Waals surface area contributed by atoms with Gasteiger partial charge in [-0.3, -0.25) is 4.79 Å². The van der Waals surface area contributed by atoms with Crippen molar-refractivity contribution in [3.05, 3.63) is 77.4 Å². The fourth-order valence-electron chi connectivity index (χ4n) is 2.22. The summed E-state index contributed by atoms with van der Waals surface area (Å²) in [5.74, 6) is -0.878. The van der Waals surface area contributed by atoms with Crippen LogP contribution in [-0.4, -0.2) is 27.2 Å². The molecule has 1 unspecified atom stereocenters. The van der Waals surface area contributed by atoms with E-state index in [1.807, 2.05) is 30.3 Å². The van der Waals surface area contributed by atoms with Gasteiger partial charge in [-0.05, 0) is 30.7 Å². The second-order valence-electron chi connectivity index (χ2n) is 5.63. The summed E-state index contributed by atoms with van der Waals surface area (Å²) in [4.78, 5) is 12.3. The highest BCUT2D eigenvalue weighted by atomic mass is 16.3. The highest BCUT2D eigenvalue weighted by Crippen LogP contribution is 2.33. The molecule has 4 nitrogen and oxygen atoms in total. The first-order valence-electron chi connectivity index (χ1n) is 7.55. The molecule has 2 aromatic rings. The number of rotatable bonds is 6. The molecule has 124 valence electrons. The Balaban J connectivity index is 2.29. The SMILES string of the molecule is C=C(C)C(O)Cc1c(O)ccc(C(=O)/C=C/c2ccccc2)c1O. The minimum Gasteiger partial charge on any atom is -0.508 e. The summed E-state index contributed by atoms with van der Waals surface area (Å²) in [6.07, 6.45) is 2.08. The van der Waals surface area contributed by atoms with Crippen molar-refractivity contribution in [3.63, 3.8) is 0 Å². The number of phenols is 2. The van der Waals surface area contributed by atoms with Crippen LogP contribution in [0.5, 0.6) is 11.5 Å². The third-order valence-electron chi connectivity index (χ3n) is 3.72. The number of aromatic hydroxyl groups is 2. The van der Waals surface area contributed by atoms with E-state index in [-0.39, 0.29) is 34.8 Å². The van der Waals surface area contributed by atoms with Crippen molar-refractivity contribution < 1.29 is 20.1 Å². The fourth-order valence-corrected chi connectivity index (χ4v) is 2.22. The van der Waals surface area contributed by atoms with E-state index in [1.54, 1.807) is 13.0 Å². The number of allylic oxidation sites excluding steroid dienone is 1. The van der Waals surface area contributed by atoms with Gasteiger partial charge in [-0.2, -0.15) is 0 Å². The zero-order chi connectivity index (χ0) is 17.7. The zero-order valence-electron chi connectivity index (χ0n) is 13.4. The van der Waals surface area contributed by atoms with Gasteiger partial charge in [0.05, 0.1) is 11.7 Å². The van der Waals surface area contributed by atoms with Crippen LogP contribution >= 0.6 is 0 Å². The van der Waals surface area contributed by atoms with Crippen molar-refractivity contribution in [3.8, 4) is 11.5 Å². The lowest BCUT2D eigenvalue weighted by atomic mass is 9.97. The number of benzene rings is 2. The van der Waals surface area contributed by atoms with Crippen LogP contribution in [0, 0.1) is 0 Å². The molecule has 4 heteroatoms. The van der Waals surface area contributed by atoms with E-state index in [4.69, 9.17) is 0 Å². The van der Waals surface area contributed by atoms with Crippen molar-refractivity contribution >= 4 is 11.9 Å². The lowest BCUT2D eigenvalue weighted by molar-refractivity contribution is 0.104. The summed E-state index contributed by atoms with van der Waals surface area (Å²) in [7, 11) is 0. The Hall–Kier alpha value is -2.85. The van der Waals surface area contributed by atoms with E-state index in [0.717, 1.165) is 5.56 Å². The second kappa shape index (κ2) is 7.62. The van der Waals surface area contributed by atoms with Crippen molar-refractivity contribution in [1.82, 2.24) is 0 Å². The van der Waals surface area contributed by atoms with Crippen LogP contribution in [0.1, 0.15) is 28.4 Å². The number of hydrogen-bond donors (Lipinski definition) is 3. The summed E-state index contributed by atoms with van der Waals surface area (Å²) >= 11 is 0. The lowest BCUT2D eigenvalue weighted by Gasteiger charge is -2.14. The average Bonchev–Trinajstić information content (AvgIpc) is 2.57. The Bertz CT molecular complexity index is 776. The maximum absolute atomic E-state index is 12.3. The number of carbonyl (C=O) groups excluding carboxylic acids is 1. The van der Waals surface area contributed by atoms with E-state index in [1.165, 1.54) is 18.2 Å². The molecule has 0 fully saturated rings. The number of phenolic OH excluding ortho intramolecular Hbond substituents is 2. The Kier molecular flexibility index (Phi) is 5.55. The molecule has 0 aliphatic heterocycles. The lowest BCUT2D eigenvalue weighted by Crippen LogP contribution is -2.12. The Morgan fingerprint density at radius 2 is 1.83 bits per heavy atom. The molecule has 0 saturated carbocycles. The smallest absolute Gasteiger partial charge is 0.189 e. The molecule has 1 atom stereocenters. The monoisotopic (exact) mass is 324 g/mol. The molecule has 0 radical (unpaired) electrons. The van der Waals surface area contributed by atoms with Crippen molar-refractivity contribution in [2.45, 2.75) is 19.4 Å². The molecule has 0 bridgehead atoms. The minimum absolute atomic E-state index is 0.0173. The molecule has 2 rings (SSSR count). The highest BCUT2D eigenvalue weighted by molar-refractivity contribution is 6.09. The third-order valence-corrected chi connectivity index (χ3v) is 3.72. The molecule has 0 spiro atoms. The predicted molar refractivity (Wildman–Crippen MR) is 94.1 cm³/mol. The van der Waals surface area contributed by atoms with Gasteiger partial charge in [0, 0.05) is 12.0 Å². The van der Waals surface area contributed by atoms with Gasteiger partial charge in [0.1, 0.15) is 11.5 Å². The molecule has 3 N–H and O–H groups in total. The Morgan fingerprint density at radius 3 is 2.46 bits per heavy atom. The van der Waals surface area contributed by atoms with Gasteiger partial charge in [0.15, 0.2) is 5.78 Å². The number of aliphatic hydroxyl groups is 1. The molecule has 24 heavy (non-hydrogen) atoms. The number of aliphatic hydroxyl groups excluding tert-OH is 1. The molecule has 0 aliphatic rings. The van der Waals surface area contributed by atoms with E-state index in [0.29, 0.717) is 5.57 Å².